The first-order valence-electron chi connectivity index (χ1n) is 5.03. The van der Waals surface area contributed by atoms with Crippen LogP contribution in [0.3, 0.4) is 0 Å². The topological polar surface area (TPSA) is 121 Å². The Morgan fingerprint density at radius 3 is 2.89 bits per heavy atom. The first-order chi connectivity index (χ1) is 8.54. The molecule has 0 radical (unpaired) electrons. The summed E-state index contributed by atoms with van der Waals surface area (Å²) in [5.74, 6) is 0.376. The molecule has 0 amide bonds. The minimum atomic E-state index is -1.32. The smallest absolute Gasteiger partial charge is 0.429 e. The maximum absolute atomic E-state index is 11.7. The van der Waals surface area contributed by atoms with Crippen molar-refractivity contribution in [3.8, 4) is 0 Å². The number of nitrogens with zero attached hydrogens (tertiary/aromatic N) is 5. The van der Waals surface area contributed by atoms with Gasteiger partial charge in [-0.3, -0.25) is 0 Å². The van der Waals surface area contributed by atoms with Gasteiger partial charge in [0, 0.05) is 0 Å². The summed E-state index contributed by atoms with van der Waals surface area (Å²) in [6, 6.07) is 0. The van der Waals surface area contributed by atoms with Crippen LogP contribution >= 0.6 is 0 Å². The fourth-order valence-corrected chi connectivity index (χ4v) is 2.30. The van der Waals surface area contributed by atoms with Crippen molar-refractivity contribution in [1.82, 2.24) is 18.9 Å². The number of hydrazine groups is 1. The Balaban J connectivity index is 2.30. The molecular formula is C7H10N6O4S. The van der Waals surface area contributed by atoms with Gasteiger partial charge in [-0.05, 0) is 6.42 Å². The van der Waals surface area contributed by atoms with Crippen molar-refractivity contribution < 1.29 is 9.59 Å². The van der Waals surface area contributed by atoms with Crippen LogP contribution in [0.5, 0.6) is 0 Å². The molecule has 1 aromatic rings. The minimum Gasteiger partial charge on any atom is -0.591 e. The van der Waals surface area contributed by atoms with Gasteiger partial charge in [0.15, 0.2) is 0 Å². The Labute approximate surface area is 104 Å². The van der Waals surface area contributed by atoms with Gasteiger partial charge >= 0.3 is 11.6 Å². The van der Waals surface area contributed by atoms with Crippen LogP contribution in [0, 0.1) is 10.1 Å². The summed E-state index contributed by atoms with van der Waals surface area (Å²) in [5.41, 5.74) is 1.55. The van der Waals surface area contributed by atoms with E-state index in [-0.39, 0.29) is 10.7 Å². The maximum atomic E-state index is 11.7. The summed E-state index contributed by atoms with van der Waals surface area (Å²) in [7, 11) is 0. The van der Waals surface area contributed by atoms with Crippen LogP contribution in [0.4, 0.5) is 5.95 Å². The summed E-state index contributed by atoms with van der Waals surface area (Å²) in [5, 5.41) is 9.76. The predicted octanol–water partition coefficient (Wildman–Crippen LogP) is -0.771. The average Bonchev–Trinajstić information content (AvgIpc) is 2.63. The van der Waals surface area contributed by atoms with Crippen molar-refractivity contribution in [3.05, 3.63) is 26.8 Å². The third kappa shape index (κ3) is 2.04. The average molecular weight is 274 g/mol. The summed E-state index contributed by atoms with van der Waals surface area (Å²) >= 11 is -1.32. The highest BCUT2D eigenvalue weighted by Crippen LogP contribution is 2.14. The molecule has 10 nitrogen and oxygen atoms in total. The van der Waals surface area contributed by atoms with Gasteiger partial charge in [-0.2, -0.15) is 0 Å². The number of rotatable bonds is 4. The molecule has 1 atom stereocenters. The number of fused-ring (bicyclic) bond motifs is 1. The van der Waals surface area contributed by atoms with Crippen molar-refractivity contribution in [3.63, 3.8) is 0 Å². The molecule has 0 fully saturated rings. The second kappa shape index (κ2) is 4.70. The highest BCUT2D eigenvalue weighted by atomic mass is 32.2. The molecule has 0 bridgehead atoms. The first-order valence-corrected chi connectivity index (χ1v) is 6.31. The van der Waals surface area contributed by atoms with E-state index < -0.39 is 22.1 Å². The molecule has 98 valence electrons. The summed E-state index contributed by atoms with van der Waals surface area (Å²) in [6.07, 6.45) is 3.31. The fourth-order valence-electron chi connectivity index (χ4n) is 1.38. The van der Waals surface area contributed by atoms with Crippen molar-refractivity contribution >= 4 is 23.5 Å². The lowest BCUT2D eigenvalue weighted by molar-refractivity contribution is -0.558. The minimum absolute atomic E-state index is 0.0522. The third-order valence-corrected chi connectivity index (χ3v) is 3.51. The molecule has 1 N–H and O–H groups in total. The molecule has 11 heteroatoms. The van der Waals surface area contributed by atoms with E-state index in [2.05, 4.69) is 10.4 Å². The number of nitrogens with one attached hydrogen (secondary N) is 1. The van der Waals surface area contributed by atoms with Crippen molar-refractivity contribution in [2.45, 2.75) is 13.3 Å². The van der Waals surface area contributed by atoms with E-state index in [1.807, 2.05) is 6.92 Å². The molecule has 2 heterocycles. The van der Waals surface area contributed by atoms with E-state index in [0.717, 1.165) is 11.1 Å². The van der Waals surface area contributed by atoms with Crippen LogP contribution in [-0.2, 0) is 11.4 Å². The number of aromatic nitrogens is 3. The van der Waals surface area contributed by atoms with Gasteiger partial charge in [-0.25, -0.2) is 10.2 Å². The number of nitro groups is 1. The lowest BCUT2D eigenvalue weighted by atomic mass is 10.6. The second-order valence-electron chi connectivity index (χ2n) is 3.35. The number of hydrogen-bond donors (Lipinski definition) is 1. The van der Waals surface area contributed by atoms with Crippen LogP contribution in [0.25, 0.3) is 6.20 Å². The molecule has 0 aliphatic carbocycles. The summed E-state index contributed by atoms with van der Waals surface area (Å²) in [4.78, 5) is 25.6. The maximum Gasteiger partial charge on any atom is 0.429 e. The van der Waals surface area contributed by atoms with Crippen molar-refractivity contribution in [1.29, 1.82) is 0 Å². The van der Waals surface area contributed by atoms with Gasteiger partial charge in [0.25, 0.3) is 0 Å². The van der Waals surface area contributed by atoms with E-state index >= 15 is 0 Å². The van der Waals surface area contributed by atoms with E-state index in [0.29, 0.717) is 5.75 Å². The molecule has 1 unspecified atom stereocenters. The van der Waals surface area contributed by atoms with Crippen molar-refractivity contribution in [2.75, 3.05) is 11.2 Å². The molecule has 0 saturated heterocycles. The van der Waals surface area contributed by atoms with Crippen LogP contribution in [0.2, 0.25) is 0 Å². The lowest BCUT2D eigenvalue weighted by Gasteiger charge is -2.23. The Morgan fingerprint density at radius 1 is 1.56 bits per heavy atom. The summed E-state index contributed by atoms with van der Waals surface area (Å²) < 4.78 is 13.9. The first kappa shape index (κ1) is 12.4. The van der Waals surface area contributed by atoms with E-state index in [1.54, 1.807) is 0 Å². The van der Waals surface area contributed by atoms with Gasteiger partial charge in [0.2, 0.25) is 0 Å². The predicted molar refractivity (Wildman–Crippen MR) is 63.0 cm³/mol. The third-order valence-electron chi connectivity index (χ3n) is 2.10. The molecule has 18 heavy (non-hydrogen) atoms. The Hall–Kier alpha value is -2.01. The van der Waals surface area contributed by atoms with Crippen LogP contribution in [-0.4, -0.2) is 34.2 Å². The standard InChI is InChI=1S/C7H10N6O4S/c1-2-5-18(17)11-4-3-10-6(9-11)8-7(14)12(10)13(15)16/h3-4H,2,5H2,1H3,(H,8,9,14). The van der Waals surface area contributed by atoms with Crippen LogP contribution in [0.1, 0.15) is 13.3 Å². The molecule has 1 aliphatic rings. The van der Waals surface area contributed by atoms with E-state index in [9.17, 15) is 19.5 Å². The monoisotopic (exact) mass is 274 g/mol. The number of anilines is 1. The van der Waals surface area contributed by atoms with Crippen LogP contribution in [0.15, 0.2) is 11.0 Å². The van der Waals surface area contributed by atoms with Gasteiger partial charge in [0.1, 0.15) is 18.2 Å². The molecule has 0 saturated carbocycles. The Bertz CT molecular complexity index is 551. The van der Waals surface area contributed by atoms with Crippen LogP contribution < -0.4 is 11.1 Å². The van der Waals surface area contributed by atoms with Gasteiger partial charge < -0.3 is 14.7 Å². The Morgan fingerprint density at radius 2 is 2.28 bits per heavy atom. The zero-order valence-corrected chi connectivity index (χ0v) is 10.2. The molecule has 1 aromatic heterocycles. The molecule has 1 aliphatic heterocycles. The Kier molecular flexibility index (Phi) is 3.25. The quantitative estimate of drug-likeness (QED) is 0.434. The zero-order valence-electron chi connectivity index (χ0n) is 9.35. The van der Waals surface area contributed by atoms with Gasteiger partial charge in [-0.15, -0.1) is 9.40 Å². The second-order valence-corrected chi connectivity index (χ2v) is 4.80. The van der Waals surface area contributed by atoms with E-state index in [1.165, 1.54) is 16.8 Å². The molecule has 0 spiro atoms. The molecular weight excluding hydrogens is 264 g/mol. The largest absolute Gasteiger partial charge is 0.591 e. The van der Waals surface area contributed by atoms with Gasteiger partial charge in [0.05, 0.1) is 21.2 Å². The normalized spacial score (nSPS) is 15.1. The summed E-state index contributed by atoms with van der Waals surface area (Å²) in [6.45, 7) is 1.88. The number of hydrogen-bond acceptors (Lipinski definition) is 7. The van der Waals surface area contributed by atoms with Gasteiger partial charge in [-0.1, -0.05) is 11.6 Å². The lowest BCUT2D eigenvalue weighted by Crippen LogP contribution is -2.37. The van der Waals surface area contributed by atoms with E-state index in [4.69, 9.17) is 0 Å². The molecule has 0 aromatic carbocycles. The fraction of sp³-hybridized carbons (Fsp3) is 0.429. The van der Waals surface area contributed by atoms with Crippen molar-refractivity contribution in [2.24, 2.45) is 0 Å². The SMILES string of the molecule is CCC[S+]([O-])N1C=Cn2c(nc(=O)n2[N+](=O)[O-])N1. The molecule has 2 rings (SSSR count). The highest BCUT2D eigenvalue weighted by molar-refractivity contribution is 7.89. The highest BCUT2D eigenvalue weighted by Gasteiger charge is 2.29. The zero-order chi connectivity index (χ0) is 13.3.